The third-order valence-electron chi connectivity index (χ3n) is 4.45. The van der Waals surface area contributed by atoms with Gasteiger partial charge in [0.2, 0.25) is 0 Å². The molecule has 0 N–H and O–H groups in total. The highest BCUT2D eigenvalue weighted by molar-refractivity contribution is 9.11. The molecule has 0 spiro atoms. The molecule has 0 aromatic carbocycles. The molecular formula is C16H16BrN5O3S2. The van der Waals surface area contributed by atoms with Crippen LogP contribution in [0.4, 0.5) is 0 Å². The van der Waals surface area contributed by atoms with Gasteiger partial charge in [-0.05, 0) is 41.1 Å². The topological polar surface area (TPSA) is 87.9 Å². The second-order valence-electron chi connectivity index (χ2n) is 6.10. The first-order valence-electron chi connectivity index (χ1n) is 8.22. The first-order chi connectivity index (χ1) is 12.9. The summed E-state index contributed by atoms with van der Waals surface area (Å²) >= 11 is 4.48. The summed E-state index contributed by atoms with van der Waals surface area (Å²) in [6.45, 7) is 2.95. The number of rotatable bonds is 3. The minimum Gasteiger partial charge on any atom is -0.336 e. The number of halogens is 1. The molecule has 142 valence electrons. The smallest absolute Gasteiger partial charge is 0.259 e. The molecular weight excluding hydrogens is 454 g/mol. The lowest BCUT2D eigenvalue weighted by atomic mass is 10.2. The molecule has 4 rings (SSSR count). The number of aromatic nitrogens is 3. The first-order valence-corrected chi connectivity index (χ1v) is 11.3. The zero-order valence-corrected chi connectivity index (χ0v) is 17.6. The number of nitrogens with zero attached hydrogens (tertiary/aromatic N) is 5. The van der Waals surface area contributed by atoms with E-state index in [0.717, 1.165) is 3.79 Å². The summed E-state index contributed by atoms with van der Waals surface area (Å²) in [6.07, 6.45) is 3.37. The number of aryl methyl sites for hydroxylation is 1. The molecule has 0 aliphatic carbocycles. The molecule has 0 unspecified atom stereocenters. The molecule has 8 nitrogen and oxygen atoms in total. The average Bonchev–Trinajstić information content (AvgIpc) is 3.24. The molecule has 11 heteroatoms. The normalized spacial score (nSPS) is 16.1. The largest absolute Gasteiger partial charge is 0.336 e. The van der Waals surface area contributed by atoms with Crippen LogP contribution in [0.15, 0.2) is 38.6 Å². The van der Waals surface area contributed by atoms with Crippen LogP contribution in [0.2, 0.25) is 0 Å². The summed E-state index contributed by atoms with van der Waals surface area (Å²) in [7, 11) is -3.53. The highest BCUT2D eigenvalue weighted by atomic mass is 79.9. The third kappa shape index (κ3) is 3.28. The number of hydrogen-bond donors (Lipinski definition) is 0. The molecule has 1 amide bonds. The quantitative estimate of drug-likeness (QED) is 0.585. The fourth-order valence-electron chi connectivity index (χ4n) is 3.10. The summed E-state index contributed by atoms with van der Waals surface area (Å²) in [6, 6.07) is 5.06. The number of sulfonamides is 1. The highest BCUT2D eigenvalue weighted by Crippen LogP contribution is 2.29. The molecule has 0 bridgehead atoms. The molecule has 1 fully saturated rings. The number of carbonyl (C=O) groups excluding carboxylic acids is 1. The predicted octanol–water partition coefficient (Wildman–Crippen LogP) is 2.01. The molecule has 0 atom stereocenters. The average molecular weight is 470 g/mol. The zero-order chi connectivity index (χ0) is 19.2. The lowest BCUT2D eigenvalue weighted by Crippen LogP contribution is -2.50. The monoisotopic (exact) mass is 469 g/mol. The molecule has 1 saturated heterocycles. The SMILES string of the molecule is Cc1nn2cccnc2c1C(=O)N1CCN(S(=O)(=O)c2ccc(Br)s2)CC1. The van der Waals surface area contributed by atoms with E-state index in [1.54, 1.807) is 46.9 Å². The number of piperazine rings is 1. The van der Waals surface area contributed by atoms with Crippen LogP contribution in [-0.2, 0) is 10.0 Å². The Hall–Kier alpha value is -1.82. The van der Waals surface area contributed by atoms with Crippen molar-refractivity contribution < 1.29 is 13.2 Å². The fraction of sp³-hybridized carbons (Fsp3) is 0.312. The van der Waals surface area contributed by atoms with Gasteiger partial charge in [-0.1, -0.05) is 0 Å². The van der Waals surface area contributed by atoms with Crippen molar-refractivity contribution in [1.82, 2.24) is 23.8 Å². The molecule has 3 aromatic heterocycles. The van der Waals surface area contributed by atoms with Crippen LogP contribution in [0, 0.1) is 6.92 Å². The predicted molar refractivity (Wildman–Crippen MR) is 104 cm³/mol. The second kappa shape index (κ2) is 6.97. The van der Waals surface area contributed by atoms with E-state index >= 15 is 0 Å². The van der Waals surface area contributed by atoms with Crippen LogP contribution in [-0.4, -0.2) is 64.3 Å². The second-order valence-corrected chi connectivity index (χ2v) is 10.7. The van der Waals surface area contributed by atoms with Crippen molar-refractivity contribution in [2.75, 3.05) is 26.2 Å². The van der Waals surface area contributed by atoms with Crippen molar-refractivity contribution in [3.05, 3.63) is 45.6 Å². The Labute approximate surface area is 168 Å². The maximum absolute atomic E-state index is 13.0. The standard InChI is InChI=1S/C16H16BrN5O3S2/c1-11-14(15-18-5-2-6-22(15)19-11)16(23)20-7-9-21(10-8-20)27(24,25)13-4-3-12(17)26-13/h2-6H,7-10H2,1H3. The van der Waals surface area contributed by atoms with Crippen LogP contribution in [0.1, 0.15) is 16.1 Å². The van der Waals surface area contributed by atoms with Gasteiger partial charge in [-0.3, -0.25) is 4.79 Å². The van der Waals surface area contributed by atoms with Crippen LogP contribution in [0.25, 0.3) is 5.65 Å². The third-order valence-corrected chi connectivity index (χ3v) is 8.44. The molecule has 0 radical (unpaired) electrons. The maximum Gasteiger partial charge on any atom is 0.259 e. The van der Waals surface area contributed by atoms with Gasteiger partial charge in [0.1, 0.15) is 9.77 Å². The number of fused-ring (bicyclic) bond motifs is 1. The van der Waals surface area contributed by atoms with Gasteiger partial charge < -0.3 is 4.90 Å². The van der Waals surface area contributed by atoms with E-state index in [1.807, 2.05) is 0 Å². The van der Waals surface area contributed by atoms with E-state index < -0.39 is 10.0 Å². The maximum atomic E-state index is 13.0. The summed E-state index contributed by atoms with van der Waals surface area (Å²) < 4.78 is 29.5. The van der Waals surface area contributed by atoms with Crippen molar-refractivity contribution in [3.8, 4) is 0 Å². The van der Waals surface area contributed by atoms with Crippen molar-refractivity contribution in [1.29, 1.82) is 0 Å². The zero-order valence-electron chi connectivity index (χ0n) is 14.4. The van der Waals surface area contributed by atoms with Gasteiger partial charge in [0.25, 0.3) is 15.9 Å². The van der Waals surface area contributed by atoms with E-state index in [-0.39, 0.29) is 19.0 Å². The van der Waals surface area contributed by atoms with Gasteiger partial charge >= 0.3 is 0 Å². The summed E-state index contributed by atoms with van der Waals surface area (Å²) in [5, 5.41) is 4.32. The highest BCUT2D eigenvalue weighted by Gasteiger charge is 2.32. The van der Waals surface area contributed by atoms with Crippen LogP contribution >= 0.6 is 27.3 Å². The van der Waals surface area contributed by atoms with E-state index in [0.29, 0.717) is 34.2 Å². The molecule has 1 aliphatic heterocycles. The van der Waals surface area contributed by atoms with E-state index in [9.17, 15) is 13.2 Å². The van der Waals surface area contributed by atoms with E-state index in [2.05, 4.69) is 26.0 Å². The van der Waals surface area contributed by atoms with Gasteiger partial charge in [0.15, 0.2) is 5.65 Å². The first kappa shape index (κ1) is 18.5. The van der Waals surface area contributed by atoms with Crippen molar-refractivity contribution in [2.24, 2.45) is 0 Å². The summed E-state index contributed by atoms with van der Waals surface area (Å²) in [4.78, 5) is 18.9. The molecule has 1 aliphatic rings. The van der Waals surface area contributed by atoms with Crippen LogP contribution < -0.4 is 0 Å². The van der Waals surface area contributed by atoms with Crippen molar-refractivity contribution >= 4 is 48.8 Å². The lowest BCUT2D eigenvalue weighted by molar-refractivity contribution is 0.0699. The van der Waals surface area contributed by atoms with Crippen molar-refractivity contribution in [3.63, 3.8) is 0 Å². The Morgan fingerprint density at radius 3 is 2.63 bits per heavy atom. The number of carbonyl (C=O) groups is 1. The Morgan fingerprint density at radius 1 is 1.22 bits per heavy atom. The summed E-state index contributed by atoms with van der Waals surface area (Å²) in [5.74, 6) is -0.169. The van der Waals surface area contributed by atoms with Gasteiger partial charge in [-0.2, -0.15) is 9.40 Å². The fourth-order valence-corrected chi connectivity index (χ4v) is 6.69. The van der Waals surface area contributed by atoms with Gasteiger partial charge in [0.05, 0.1) is 9.48 Å². The minimum absolute atomic E-state index is 0.169. The number of amides is 1. The van der Waals surface area contributed by atoms with Crippen molar-refractivity contribution in [2.45, 2.75) is 11.1 Å². The van der Waals surface area contributed by atoms with E-state index in [1.165, 1.54) is 15.6 Å². The summed E-state index contributed by atoms with van der Waals surface area (Å²) in [5.41, 5.74) is 1.59. The Balaban J connectivity index is 1.52. The van der Waals surface area contributed by atoms with Crippen LogP contribution in [0.5, 0.6) is 0 Å². The van der Waals surface area contributed by atoms with Gasteiger partial charge in [0, 0.05) is 38.6 Å². The van der Waals surface area contributed by atoms with Gasteiger partial charge in [-0.25, -0.2) is 17.9 Å². The minimum atomic E-state index is -3.53. The Morgan fingerprint density at radius 2 is 1.96 bits per heavy atom. The lowest BCUT2D eigenvalue weighted by Gasteiger charge is -2.33. The molecule has 0 saturated carbocycles. The van der Waals surface area contributed by atoms with Crippen LogP contribution in [0.3, 0.4) is 0 Å². The Kier molecular flexibility index (Phi) is 4.78. The van der Waals surface area contributed by atoms with E-state index in [4.69, 9.17) is 0 Å². The number of thiophene rings is 1. The molecule has 4 heterocycles. The number of hydrogen-bond acceptors (Lipinski definition) is 6. The molecule has 3 aromatic rings. The molecule has 27 heavy (non-hydrogen) atoms. The Bertz CT molecular complexity index is 1120. The van der Waals surface area contributed by atoms with Gasteiger partial charge in [-0.15, -0.1) is 11.3 Å².